The molecule has 1 saturated heterocycles. The molecular weight excluding hydrogens is 316 g/mol. The molecule has 6 nitrogen and oxygen atoms in total. The van der Waals surface area contributed by atoms with E-state index in [9.17, 15) is 4.79 Å². The van der Waals surface area contributed by atoms with Crippen molar-refractivity contribution in [2.24, 2.45) is 7.05 Å². The van der Waals surface area contributed by atoms with Crippen LogP contribution in [0.15, 0.2) is 39.7 Å². The van der Waals surface area contributed by atoms with Crippen molar-refractivity contribution in [3.63, 3.8) is 0 Å². The van der Waals surface area contributed by atoms with Crippen molar-refractivity contribution in [3.05, 3.63) is 58.3 Å². The van der Waals surface area contributed by atoms with Crippen LogP contribution in [0.5, 0.6) is 0 Å². The first-order chi connectivity index (χ1) is 12.1. The van der Waals surface area contributed by atoms with E-state index in [1.54, 1.807) is 10.8 Å². The lowest BCUT2D eigenvalue weighted by atomic mass is 10.1. The zero-order valence-electron chi connectivity index (χ0n) is 14.6. The van der Waals surface area contributed by atoms with E-state index in [0.717, 1.165) is 49.5 Å². The maximum absolute atomic E-state index is 12.7. The quantitative estimate of drug-likeness (QED) is 0.732. The van der Waals surface area contributed by atoms with Crippen LogP contribution in [0.4, 0.5) is 0 Å². The molecule has 1 aromatic carbocycles. The van der Waals surface area contributed by atoms with Crippen molar-refractivity contribution in [2.45, 2.75) is 32.2 Å². The first-order valence-electron chi connectivity index (χ1n) is 8.74. The Kier molecular flexibility index (Phi) is 4.13. The fourth-order valence-electron chi connectivity index (χ4n) is 3.69. The van der Waals surface area contributed by atoms with Crippen LogP contribution in [0.3, 0.4) is 0 Å². The highest BCUT2D eigenvalue weighted by atomic mass is 16.4. The molecule has 1 fully saturated rings. The van der Waals surface area contributed by atoms with E-state index < -0.39 is 0 Å². The maximum Gasteiger partial charge on any atom is 0.261 e. The summed E-state index contributed by atoms with van der Waals surface area (Å²) in [6.07, 6.45) is 4.75. The van der Waals surface area contributed by atoms with E-state index in [1.165, 1.54) is 0 Å². The number of para-hydroxylation sites is 1. The zero-order chi connectivity index (χ0) is 17.4. The van der Waals surface area contributed by atoms with Gasteiger partial charge in [0.1, 0.15) is 11.6 Å². The lowest BCUT2D eigenvalue weighted by Gasteiger charge is -2.25. The lowest BCUT2D eigenvalue weighted by molar-refractivity contribution is 0.241. The molecule has 0 bridgehead atoms. The van der Waals surface area contributed by atoms with E-state index in [1.807, 2.05) is 38.2 Å². The summed E-state index contributed by atoms with van der Waals surface area (Å²) < 4.78 is 7.29. The fourth-order valence-corrected chi connectivity index (χ4v) is 3.69. The maximum atomic E-state index is 12.7. The van der Waals surface area contributed by atoms with Crippen molar-refractivity contribution in [1.82, 2.24) is 19.4 Å². The number of aryl methyl sites for hydroxylation is 1. The fraction of sp³-hybridized carbons (Fsp3) is 0.421. The normalized spacial score (nSPS) is 18.2. The van der Waals surface area contributed by atoms with Crippen LogP contribution in [0, 0.1) is 6.92 Å². The van der Waals surface area contributed by atoms with E-state index in [2.05, 4.69) is 9.88 Å². The Balaban J connectivity index is 1.62. The molecule has 0 amide bonds. The number of oxazole rings is 1. The third-order valence-corrected chi connectivity index (χ3v) is 4.99. The minimum atomic E-state index is 0.0262. The van der Waals surface area contributed by atoms with Gasteiger partial charge in [-0.15, -0.1) is 0 Å². The van der Waals surface area contributed by atoms with Gasteiger partial charge in [0.05, 0.1) is 23.1 Å². The van der Waals surface area contributed by atoms with Crippen LogP contribution in [0.2, 0.25) is 0 Å². The van der Waals surface area contributed by atoms with Crippen molar-refractivity contribution in [1.29, 1.82) is 0 Å². The largest absolute Gasteiger partial charge is 0.446 e. The monoisotopic (exact) mass is 338 g/mol. The molecule has 0 spiro atoms. The number of rotatable bonds is 4. The highest BCUT2D eigenvalue weighted by molar-refractivity contribution is 5.77. The molecule has 0 radical (unpaired) electrons. The summed E-state index contributed by atoms with van der Waals surface area (Å²) in [5.74, 6) is 2.46. The van der Waals surface area contributed by atoms with Crippen LogP contribution in [-0.2, 0) is 13.5 Å². The number of likely N-dealkylation sites (tertiary alicyclic amines) is 1. The first kappa shape index (κ1) is 16.0. The smallest absolute Gasteiger partial charge is 0.261 e. The number of aromatic nitrogens is 3. The molecular formula is C19H22N4O2. The molecule has 130 valence electrons. The lowest BCUT2D eigenvalue weighted by Crippen LogP contribution is -2.32. The zero-order valence-corrected chi connectivity index (χ0v) is 14.6. The SMILES string of the molecule is Cc1ncc(CCN2CCCC2c2nc3ccccc3c(=O)n2C)o1. The number of fused-ring (bicyclic) bond motifs is 1. The first-order valence-corrected chi connectivity index (χ1v) is 8.74. The third-order valence-electron chi connectivity index (χ3n) is 4.99. The van der Waals surface area contributed by atoms with Gasteiger partial charge in [-0.2, -0.15) is 0 Å². The van der Waals surface area contributed by atoms with Crippen LogP contribution in [0.1, 0.15) is 36.4 Å². The van der Waals surface area contributed by atoms with E-state index in [0.29, 0.717) is 11.3 Å². The summed E-state index contributed by atoms with van der Waals surface area (Å²) in [7, 11) is 1.83. The number of hydrogen-bond donors (Lipinski definition) is 0. The van der Waals surface area contributed by atoms with Gasteiger partial charge < -0.3 is 4.42 Å². The summed E-state index contributed by atoms with van der Waals surface area (Å²) in [5.41, 5.74) is 0.802. The van der Waals surface area contributed by atoms with E-state index >= 15 is 0 Å². The molecule has 1 unspecified atom stereocenters. The van der Waals surface area contributed by atoms with Gasteiger partial charge in [-0.05, 0) is 31.5 Å². The predicted molar refractivity (Wildman–Crippen MR) is 95.5 cm³/mol. The Morgan fingerprint density at radius 2 is 2.16 bits per heavy atom. The number of benzene rings is 1. The van der Waals surface area contributed by atoms with Gasteiger partial charge in [-0.25, -0.2) is 9.97 Å². The number of nitrogens with zero attached hydrogens (tertiary/aromatic N) is 4. The molecule has 4 rings (SSSR count). The summed E-state index contributed by atoms with van der Waals surface area (Å²) in [6.45, 7) is 3.75. The second-order valence-corrected chi connectivity index (χ2v) is 6.64. The van der Waals surface area contributed by atoms with Crippen molar-refractivity contribution >= 4 is 10.9 Å². The van der Waals surface area contributed by atoms with Gasteiger partial charge in [0, 0.05) is 26.9 Å². The Labute approximate surface area is 146 Å². The molecule has 1 aliphatic heterocycles. The van der Waals surface area contributed by atoms with Gasteiger partial charge in [0.25, 0.3) is 5.56 Å². The van der Waals surface area contributed by atoms with Gasteiger partial charge >= 0.3 is 0 Å². The summed E-state index contributed by atoms with van der Waals surface area (Å²) in [6, 6.07) is 7.74. The van der Waals surface area contributed by atoms with Gasteiger partial charge in [-0.3, -0.25) is 14.3 Å². The van der Waals surface area contributed by atoms with Crippen molar-refractivity contribution in [3.8, 4) is 0 Å². The summed E-state index contributed by atoms with van der Waals surface area (Å²) in [4.78, 5) is 24.0. The molecule has 1 atom stereocenters. The minimum Gasteiger partial charge on any atom is -0.446 e. The summed E-state index contributed by atoms with van der Waals surface area (Å²) >= 11 is 0. The highest BCUT2D eigenvalue weighted by Crippen LogP contribution is 2.30. The molecule has 6 heteroatoms. The average molecular weight is 338 g/mol. The molecule has 0 saturated carbocycles. The van der Waals surface area contributed by atoms with Crippen molar-refractivity contribution in [2.75, 3.05) is 13.1 Å². The molecule has 3 aromatic rings. The standard InChI is InChI=1S/C19H22N4O2/c1-13-20-12-14(25-13)9-11-23-10-5-8-17(23)18-21-16-7-4-3-6-15(16)19(24)22(18)2/h3-4,6-7,12,17H,5,8-11H2,1-2H3. The van der Waals surface area contributed by atoms with Gasteiger partial charge in [0.15, 0.2) is 5.89 Å². The Bertz CT molecular complexity index is 959. The van der Waals surface area contributed by atoms with Crippen LogP contribution in [0.25, 0.3) is 10.9 Å². The Morgan fingerprint density at radius 3 is 2.96 bits per heavy atom. The minimum absolute atomic E-state index is 0.0262. The second kappa shape index (κ2) is 6.44. The van der Waals surface area contributed by atoms with E-state index in [4.69, 9.17) is 9.40 Å². The molecule has 25 heavy (non-hydrogen) atoms. The molecule has 3 heterocycles. The van der Waals surface area contributed by atoms with Crippen LogP contribution < -0.4 is 5.56 Å². The highest BCUT2D eigenvalue weighted by Gasteiger charge is 2.29. The number of hydrogen-bond acceptors (Lipinski definition) is 5. The van der Waals surface area contributed by atoms with Crippen LogP contribution in [-0.4, -0.2) is 32.5 Å². The molecule has 1 aliphatic rings. The topological polar surface area (TPSA) is 64.2 Å². The molecule has 0 aliphatic carbocycles. The Hall–Kier alpha value is -2.47. The van der Waals surface area contributed by atoms with Crippen LogP contribution >= 0.6 is 0 Å². The predicted octanol–water partition coefficient (Wildman–Crippen LogP) is 2.61. The second-order valence-electron chi connectivity index (χ2n) is 6.64. The summed E-state index contributed by atoms with van der Waals surface area (Å²) in [5, 5.41) is 0.676. The molecule has 2 aromatic heterocycles. The van der Waals surface area contributed by atoms with Crippen molar-refractivity contribution < 1.29 is 4.42 Å². The van der Waals surface area contributed by atoms with Gasteiger partial charge in [0.2, 0.25) is 0 Å². The van der Waals surface area contributed by atoms with Gasteiger partial charge in [-0.1, -0.05) is 12.1 Å². The van der Waals surface area contributed by atoms with E-state index in [-0.39, 0.29) is 11.6 Å². The third kappa shape index (κ3) is 2.98. The average Bonchev–Trinajstić information content (AvgIpc) is 3.25. The molecule has 0 N–H and O–H groups in total. The Morgan fingerprint density at radius 1 is 1.32 bits per heavy atom.